The van der Waals surface area contributed by atoms with E-state index in [-0.39, 0.29) is 29.8 Å². The van der Waals surface area contributed by atoms with Gasteiger partial charge in [0.05, 0.1) is 40.9 Å². The summed E-state index contributed by atoms with van der Waals surface area (Å²) in [5.41, 5.74) is 0. The quantitative estimate of drug-likeness (QED) is 0.452. The van der Waals surface area contributed by atoms with E-state index in [9.17, 15) is 0 Å². The molecule has 0 N–H and O–H groups in total. The van der Waals surface area contributed by atoms with Gasteiger partial charge < -0.3 is 37.9 Å². The lowest BCUT2D eigenvalue weighted by Crippen LogP contribution is -3.00. The monoisotopic (exact) mass is 315 g/mol. The number of rotatable bonds is 4. The van der Waals surface area contributed by atoms with Crippen molar-refractivity contribution in [2.45, 2.75) is 25.6 Å². The van der Waals surface area contributed by atoms with Crippen LogP contribution in [0.25, 0.3) is 0 Å². The highest BCUT2D eigenvalue weighted by atomic mass is 127. The molecule has 1 aliphatic heterocycles. The number of hydrogen-bond acceptors (Lipinski definition) is 2. The van der Waals surface area contributed by atoms with Crippen molar-refractivity contribution in [3.63, 3.8) is 0 Å². The number of halogens is 1. The average Bonchev–Trinajstić information content (AvgIpc) is 2.33. The number of ether oxygens (including phenoxy) is 2. The number of nitrogens with zero attached hydrogens (tertiary/aromatic N) is 1. The molecule has 86 valence electrons. The van der Waals surface area contributed by atoms with E-state index < -0.39 is 0 Å². The summed E-state index contributed by atoms with van der Waals surface area (Å²) in [4.78, 5) is 0. The van der Waals surface area contributed by atoms with Gasteiger partial charge in [-0.05, 0) is 6.92 Å². The van der Waals surface area contributed by atoms with Crippen LogP contribution in [0.5, 0.6) is 0 Å². The Morgan fingerprint density at radius 2 is 1.64 bits per heavy atom. The first-order valence-corrected chi connectivity index (χ1v) is 5.00. The van der Waals surface area contributed by atoms with Crippen LogP contribution >= 0.6 is 0 Å². The molecule has 3 nitrogen and oxygen atoms in total. The predicted octanol–water partition coefficient (Wildman–Crippen LogP) is -1.76. The molecule has 14 heavy (non-hydrogen) atoms. The molecule has 0 aromatic carbocycles. The van der Waals surface area contributed by atoms with Gasteiger partial charge in [-0.1, -0.05) is 0 Å². The fourth-order valence-corrected chi connectivity index (χ4v) is 1.58. The Hall–Kier alpha value is 0.610. The molecule has 0 bridgehead atoms. The van der Waals surface area contributed by atoms with Gasteiger partial charge in [0, 0.05) is 12.8 Å². The lowest BCUT2D eigenvalue weighted by atomic mass is 10.1. The van der Waals surface area contributed by atoms with Crippen molar-refractivity contribution in [2.75, 3.05) is 40.9 Å². The Balaban J connectivity index is 0.00000169. The Labute approximate surface area is 104 Å². The standard InChI is InChI=1S/C10H22NO2.HI/c1-10(12-8-9-13-10)6-5-7-11(2,3)4;/h5-9H2,1-4H3;1H/q+1;/p-1. The summed E-state index contributed by atoms with van der Waals surface area (Å²) < 4.78 is 12.1. The zero-order valence-electron chi connectivity index (χ0n) is 9.68. The maximum Gasteiger partial charge on any atom is 0.165 e. The molecule has 0 spiro atoms. The molecule has 0 unspecified atom stereocenters. The molecule has 0 amide bonds. The first-order valence-electron chi connectivity index (χ1n) is 5.00. The summed E-state index contributed by atoms with van der Waals surface area (Å²) in [6.07, 6.45) is 2.16. The maximum absolute atomic E-state index is 5.53. The first kappa shape index (κ1) is 14.6. The van der Waals surface area contributed by atoms with Crippen LogP contribution in [0, 0.1) is 0 Å². The van der Waals surface area contributed by atoms with E-state index >= 15 is 0 Å². The molecule has 0 saturated carbocycles. The third kappa shape index (κ3) is 5.48. The lowest BCUT2D eigenvalue weighted by molar-refractivity contribution is -0.870. The zero-order valence-corrected chi connectivity index (χ0v) is 11.8. The van der Waals surface area contributed by atoms with Gasteiger partial charge in [-0.2, -0.15) is 0 Å². The third-order valence-electron chi connectivity index (χ3n) is 2.36. The second-order valence-electron chi connectivity index (χ2n) is 4.95. The van der Waals surface area contributed by atoms with E-state index in [2.05, 4.69) is 21.1 Å². The van der Waals surface area contributed by atoms with Crippen molar-refractivity contribution in [2.24, 2.45) is 0 Å². The Morgan fingerprint density at radius 3 is 2.07 bits per heavy atom. The van der Waals surface area contributed by atoms with Crippen molar-refractivity contribution in [3.8, 4) is 0 Å². The summed E-state index contributed by atoms with van der Waals surface area (Å²) in [7, 11) is 6.62. The van der Waals surface area contributed by atoms with Crippen molar-refractivity contribution >= 4 is 0 Å². The lowest BCUT2D eigenvalue weighted by Gasteiger charge is -2.27. The van der Waals surface area contributed by atoms with Gasteiger partial charge in [0.15, 0.2) is 5.79 Å². The van der Waals surface area contributed by atoms with Gasteiger partial charge in [0.2, 0.25) is 0 Å². The molecule has 0 aromatic rings. The highest BCUT2D eigenvalue weighted by Gasteiger charge is 2.30. The van der Waals surface area contributed by atoms with E-state index in [1.54, 1.807) is 0 Å². The smallest absolute Gasteiger partial charge is 0.165 e. The molecule has 0 aliphatic carbocycles. The van der Waals surface area contributed by atoms with Crippen LogP contribution in [-0.4, -0.2) is 51.2 Å². The molecule has 1 aliphatic rings. The first-order chi connectivity index (χ1) is 5.91. The van der Waals surface area contributed by atoms with E-state index in [0.29, 0.717) is 0 Å². The maximum atomic E-state index is 5.53. The molecular formula is C10H22INO2. The van der Waals surface area contributed by atoms with Crippen LogP contribution in [0.2, 0.25) is 0 Å². The van der Waals surface area contributed by atoms with Gasteiger partial charge >= 0.3 is 0 Å². The third-order valence-corrected chi connectivity index (χ3v) is 2.36. The highest BCUT2D eigenvalue weighted by Crippen LogP contribution is 2.24. The zero-order chi connectivity index (χ0) is 9.95. The summed E-state index contributed by atoms with van der Waals surface area (Å²) >= 11 is 0. The summed E-state index contributed by atoms with van der Waals surface area (Å²) in [6, 6.07) is 0. The minimum Gasteiger partial charge on any atom is -1.00 e. The Kier molecular flexibility index (Phi) is 5.87. The predicted molar refractivity (Wildman–Crippen MR) is 52.4 cm³/mol. The number of quaternary nitrogens is 1. The second kappa shape index (κ2) is 5.63. The fraction of sp³-hybridized carbons (Fsp3) is 1.00. The van der Waals surface area contributed by atoms with Crippen molar-refractivity contribution < 1.29 is 37.9 Å². The summed E-state index contributed by atoms with van der Waals surface area (Å²) in [5, 5.41) is 0. The molecule has 0 aromatic heterocycles. The molecular weight excluding hydrogens is 293 g/mol. The van der Waals surface area contributed by atoms with E-state index in [4.69, 9.17) is 9.47 Å². The number of hydrogen-bond donors (Lipinski definition) is 0. The van der Waals surface area contributed by atoms with Gasteiger partial charge in [-0.25, -0.2) is 0 Å². The molecule has 1 fully saturated rings. The minimum absolute atomic E-state index is 0. The van der Waals surface area contributed by atoms with Gasteiger partial charge in [0.1, 0.15) is 0 Å². The summed E-state index contributed by atoms with van der Waals surface area (Å²) in [6.45, 7) is 4.71. The van der Waals surface area contributed by atoms with Crippen molar-refractivity contribution in [1.29, 1.82) is 0 Å². The van der Waals surface area contributed by atoms with Crippen molar-refractivity contribution in [3.05, 3.63) is 0 Å². The van der Waals surface area contributed by atoms with Crippen LogP contribution in [0.3, 0.4) is 0 Å². The molecule has 4 heteroatoms. The van der Waals surface area contributed by atoms with E-state index in [1.807, 2.05) is 6.92 Å². The van der Waals surface area contributed by atoms with Gasteiger partial charge in [-0.3, -0.25) is 0 Å². The van der Waals surface area contributed by atoms with Crippen LogP contribution < -0.4 is 24.0 Å². The minimum atomic E-state index is -0.296. The average molecular weight is 315 g/mol. The van der Waals surface area contributed by atoms with Crippen LogP contribution in [0.1, 0.15) is 19.8 Å². The molecule has 1 heterocycles. The van der Waals surface area contributed by atoms with Crippen LogP contribution in [0.4, 0.5) is 0 Å². The Morgan fingerprint density at radius 1 is 1.14 bits per heavy atom. The second-order valence-corrected chi connectivity index (χ2v) is 4.95. The Bertz CT molecular complexity index is 162. The topological polar surface area (TPSA) is 18.5 Å². The highest BCUT2D eigenvalue weighted by molar-refractivity contribution is 4.67. The van der Waals surface area contributed by atoms with E-state index in [1.165, 1.54) is 6.54 Å². The molecule has 1 saturated heterocycles. The van der Waals surface area contributed by atoms with Crippen LogP contribution in [-0.2, 0) is 9.47 Å². The fourth-order valence-electron chi connectivity index (χ4n) is 1.58. The molecule has 1 rings (SSSR count). The van der Waals surface area contributed by atoms with Gasteiger partial charge in [-0.15, -0.1) is 0 Å². The van der Waals surface area contributed by atoms with Gasteiger partial charge in [0.25, 0.3) is 0 Å². The van der Waals surface area contributed by atoms with Crippen molar-refractivity contribution in [1.82, 2.24) is 0 Å². The normalized spacial score (nSPS) is 20.6. The van der Waals surface area contributed by atoms with E-state index in [0.717, 1.165) is 30.5 Å². The SMILES string of the molecule is CC1(CCC[N+](C)(C)C)OCCO1.[I-]. The largest absolute Gasteiger partial charge is 1.00 e. The van der Waals surface area contributed by atoms with Crippen LogP contribution in [0.15, 0.2) is 0 Å². The summed E-state index contributed by atoms with van der Waals surface area (Å²) in [5.74, 6) is -0.296. The molecule has 0 radical (unpaired) electrons. The molecule has 0 atom stereocenters.